The highest BCUT2D eigenvalue weighted by atomic mass is 16.6. The molecule has 1 aliphatic carbocycles. The smallest absolute Gasteiger partial charge is 0.407 e. The zero-order chi connectivity index (χ0) is 20.4. The van der Waals surface area contributed by atoms with Crippen molar-refractivity contribution in [1.82, 2.24) is 20.9 Å². The lowest BCUT2D eigenvalue weighted by Gasteiger charge is -2.31. The Balaban J connectivity index is 2.47. The molecule has 0 saturated heterocycles. The van der Waals surface area contributed by atoms with E-state index in [9.17, 15) is 9.59 Å². The number of rotatable bonds is 6. The lowest BCUT2D eigenvalue weighted by atomic mass is 9.91. The van der Waals surface area contributed by atoms with E-state index in [0.29, 0.717) is 5.96 Å². The first-order valence-corrected chi connectivity index (χ1v) is 9.85. The average molecular weight is 384 g/mol. The third-order valence-corrected chi connectivity index (χ3v) is 4.20. The van der Waals surface area contributed by atoms with E-state index >= 15 is 0 Å². The summed E-state index contributed by atoms with van der Waals surface area (Å²) in [6.45, 7) is 8.60. The van der Waals surface area contributed by atoms with Crippen LogP contribution in [0.1, 0.15) is 59.8 Å². The Morgan fingerprint density at radius 2 is 1.63 bits per heavy atom. The summed E-state index contributed by atoms with van der Waals surface area (Å²) in [5, 5.41) is 9.63. The van der Waals surface area contributed by atoms with E-state index < -0.39 is 5.60 Å². The van der Waals surface area contributed by atoms with Crippen molar-refractivity contribution in [3.05, 3.63) is 0 Å². The normalized spacial score (nSPS) is 20.6. The lowest BCUT2D eigenvalue weighted by Crippen LogP contribution is -2.48. The number of nitrogens with one attached hydrogen (secondary N) is 3. The fourth-order valence-electron chi connectivity index (χ4n) is 2.73. The van der Waals surface area contributed by atoms with Crippen molar-refractivity contribution in [2.45, 2.75) is 77.5 Å². The number of aliphatic imine (C=N–C) groups is 1. The van der Waals surface area contributed by atoms with Gasteiger partial charge in [0.15, 0.2) is 5.96 Å². The van der Waals surface area contributed by atoms with Crippen molar-refractivity contribution in [3.8, 4) is 0 Å². The number of alkyl carbamates (subject to hydrolysis) is 1. The Bertz CT molecular complexity index is 506. The van der Waals surface area contributed by atoms with Crippen molar-refractivity contribution < 1.29 is 14.3 Å². The monoisotopic (exact) mass is 383 g/mol. The average Bonchev–Trinajstić information content (AvgIpc) is 2.56. The molecule has 1 aliphatic rings. The van der Waals surface area contributed by atoms with Gasteiger partial charge >= 0.3 is 6.09 Å². The molecule has 0 atom stereocenters. The highest BCUT2D eigenvalue weighted by Crippen LogP contribution is 2.19. The van der Waals surface area contributed by atoms with E-state index in [0.717, 1.165) is 38.6 Å². The molecule has 0 aromatic heterocycles. The number of amides is 2. The Kier molecular flexibility index (Phi) is 9.38. The van der Waals surface area contributed by atoms with Crippen LogP contribution in [0.2, 0.25) is 0 Å². The summed E-state index contributed by atoms with van der Waals surface area (Å²) < 4.78 is 5.32. The SMILES string of the molecule is CCCNC(=NCC(=O)N(C)C)NC1CCC(NC(=O)OC(C)(C)C)CC1. The number of nitrogens with zero attached hydrogens (tertiary/aromatic N) is 2. The zero-order valence-corrected chi connectivity index (χ0v) is 17.7. The van der Waals surface area contributed by atoms with Crippen LogP contribution in [-0.4, -0.2) is 67.7 Å². The van der Waals surface area contributed by atoms with Gasteiger partial charge in [-0.1, -0.05) is 6.92 Å². The van der Waals surface area contributed by atoms with E-state index in [-0.39, 0.29) is 30.6 Å². The second kappa shape index (κ2) is 11.0. The van der Waals surface area contributed by atoms with Gasteiger partial charge in [0.1, 0.15) is 12.1 Å². The molecule has 0 aromatic carbocycles. The van der Waals surface area contributed by atoms with E-state index in [4.69, 9.17) is 4.74 Å². The number of hydrogen-bond donors (Lipinski definition) is 3. The molecule has 0 aromatic rings. The van der Waals surface area contributed by atoms with Crippen LogP contribution in [0.5, 0.6) is 0 Å². The molecule has 8 heteroatoms. The van der Waals surface area contributed by atoms with Gasteiger partial charge in [-0.15, -0.1) is 0 Å². The molecule has 1 fully saturated rings. The number of carbonyl (C=O) groups is 2. The summed E-state index contributed by atoms with van der Waals surface area (Å²) >= 11 is 0. The molecule has 156 valence electrons. The third kappa shape index (κ3) is 10.1. The van der Waals surface area contributed by atoms with Gasteiger partial charge < -0.3 is 25.6 Å². The summed E-state index contributed by atoms with van der Waals surface area (Å²) in [5.41, 5.74) is -0.483. The van der Waals surface area contributed by atoms with E-state index in [2.05, 4.69) is 27.9 Å². The highest BCUT2D eigenvalue weighted by Gasteiger charge is 2.25. The second-order valence-corrected chi connectivity index (χ2v) is 8.22. The maximum atomic E-state index is 11.9. The molecule has 0 radical (unpaired) electrons. The molecular weight excluding hydrogens is 346 g/mol. The van der Waals surface area contributed by atoms with E-state index in [1.807, 2.05) is 20.8 Å². The summed E-state index contributed by atoms with van der Waals surface area (Å²) in [4.78, 5) is 29.6. The van der Waals surface area contributed by atoms with Crippen LogP contribution >= 0.6 is 0 Å². The number of carbonyl (C=O) groups excluding carboxylic acids is 2. The molecule has 1 saturated carbocycles. The number of likely N-dealkylation sites (N-methyl/N-ethyl adjacent to an activating group) is 1. The first-order chi connectivity index (χ1) is 12.6. The quantitative estimate of drug-likeness (QED) is 0.481. The maximum Gasteiger partial charge on any atom is 0.407 e. The Morgan fingerprint density at radius 1 is 1.07 bits per heavy atom. The molecule has 0 heterocycles. The molecule has 8 nitrogen and oxygen atoms in total. The summed E-state index contributed by atoms with van der Waals surface area (Å²) in [6.07, 6.45) is 4.25. The minimum absolute atomic E-state index is 0.0298. The van der Waals surface area contributed by atoms with Crippen LogP contribution in [0.15, 0.2) is 4.99 Å². The van der Waals surface area contributed by atoms with Crippen LogP contribution in [-0.2, 0) is 9.53 Å². The number of ether oxygens (including phenoxy) is 1. The largest absolute Gasteiger partial charge is 0.444 e. The Morgan fingerprint density at radius 3 is 2.11 bits per heavy atom. The first-order valence-electron chi connectivity index (χ1n) is 9.85. The van der Waals surface area contributed by atoms with Gasteiger partial charge in [-0.3, -0.25) is 4.79 Å². The highest BCUT2D eigenvalue weighted by molar-refractivity contribution is 5.84. The van der Waals surface area contributed by atoms with E-state index in [1.165, 1.54) is 4.90 Å². The molecule has 27 heavy (non-hydrogen) atoms. The van der Waals surface area contributed by atoms with Gasteiger partial charge in [0.05, 0.1) is 0 Å². The summed E-state index contributed by atoms with van der Waals surface area (Å²) in [5.74, 6) is 0.647. The molecule has 0 bridgehead atoms. The number of guanidine groups is 1. The van der Waals surface area contributed by atoms with Gasteiger partial charge in [-0.25, -0.2) is 9.79 Å². The standard InChI is InChI=1S/C19H37N5O3/c1-7-12-20-17(21-13-16(25)24(5)6)22-14-8-10-15(11-9-14)23-18(26)27-19(2,3)4/h14-15H,7-13H2,1-6H3,(H,23,26)(H2,20,21,22). The summed E-state index contributed by atoms with van der Waals surface area (Å²) in [6, 6.07) is 0.413. The molecule has 0 unspecified atom stereocenters. The van der Waals surface area contributed by atoms with Crippen LogP contribution in [0, 0.1) is 0 Å². The topological polar surface area (TPSA) is 95.1 Å². The molecule has 3 N–H and O–H groups in total. The molecule has 0 spiro atoms. The molecule has 2 amide bonds. The maximum absolute atomic E-state index is 11.9. The van der Waals surface area contributed by atoms with Crippen LogP contribution < -0.4 is 16.0 Å². The van der Waals surface area contributed by atoms with Crippen molar-refractivity contribution in [2.24, 2.45) is 4.99 Å². The Labute approximate surface area is 163 Å². The van der Waals surface area contributed by atoms with Crippen molar-refractivity contribution in [1.29, 1.82) is 0 Å². The van der Waals surface area contributed by atoms with Crippen LogP contribution in [0.25, 0.3) is 0 Å². The van der Waals surface area contributed by atoms with Crippen molar-refractivity contribution in [2.75, 3.05) is 27.2 Å². The fraction of sp³-hybridized carbons (Fsp3) is 0.842. The minimum Gasteiger partial charge on any atom is -0.444 e. The minimum atomic E-state index is -0.483. The van der Waals surface area contributed by atoms with Gasteiger partial charge in [0.25, 0.3) is 0 Å². The zero-order valence-electron chi connectivity index (χ0n) is 17.7. The predicted octanol–water partition coefficient (Wildman–Crippen LogP) is 1.86. The predicted molar refractivity (Wildman–Crippen MR) is 108 cm³/mol. The van der Waals surface area contributed by atoms with Crippen LogP contribution in [0.3, 0.4) is 0 Å². The fourth-order valence-corrected chi connectivity index (χ4v) is 2.73. The number of hydrogen-bond acceptors (Lipinski definition) is 4. The Hall–Kier alpha value is -1.99. The van der Waals surface area contributed by atoms with Gasteiger partial charge in [-0.2, -0.15) is 0 Å². The van der Waals surface area contributed by atoms with E-state index in [1.54, 1.807) is 14.1 Å². The third-order valence-electron chi connectivity index (χ3n) is 4.20. The van der Waals surface area contributed by atoms with Crippen LogP contribution in [0.4, 0.5) is 4.79 Å². The first kappa shape index (κ1) is 23.0. The van der Waals surface area contributed by atoms with Gasteiger partial charge in [-0.05, 0) is 52.9 Å². The second-order valence-electron chi connectivity index (χ2n) is 8.22. The lowest BCUT2D eigenvalue weighted by molar-refractivity contribution is -0.127. The summed E-state index contributed by atoms with van der Waals surface area (Å²) in [7, 11) is 3.45. The van der Waals surface area contributed by atoms with Gasteiger partial charge in [0.2, 0.25) is 5.91 Å². The molecular formula is C19H37N5O3. The van der Waals surface area contributed by atoms with Crippen molar-refractivity contribution >= 4 is 18.0 Å². The molecule has 0 aliphatic heterocycles. The molecule has 1 rings (SSSR count). The van der Waals surface area contributed by atoms with Gasteiger partial charge in [0, 0.05) is 32.7 Å². The van der Waals surface area contributed by atoms with Crippen molar-refractivity contribution in [3.63, 3.8) is 0 Å².